The van der Waals surface area contributed by atoms with E-state index >= 15 is 0 Å². The standard InChI is InChI=1S/C52H97NO10/c1-3-5-7-9-11-13-15-17-19-21-22-24-25-27-29-31-33-35-37-39-44(55)47(57)43(42-62-52-50(60)49(59)48(58)46(41-54)63-52)53-51(61)45(56)40-38-36-34-32-30-28-26-23-20-18-16-14-12-10-8-6-4-2/h17,19,24-25,31,33,43-50,52,54-60H,3-16,18,20-23,26-30,32,34-42H2,1-2H3,(H,53,61)/b19-17+,25-24+,33-31+. The lowest BCUT2D eigenvalue weighted by atomic mass is 9.98. The van der Waals surface area contributed by atoms with Crippen LogP contribution in [0.15, 0.2) is 36.5 Å². The summed E-state index contributed by atoms with van der Waals surface area (Å²) in [5.74, 6) is -0.711. The summed E-state index contributed by atoms with van der Waals surface area (Å²) in [4.78, 5) is 13.1. The third-order valence-corrected chi connectivity index (χ3v) is 12.4. The molecule has 63 heavy (non-hydrogen) atoms. The Bertz CT molecular complexity index is 1120. The molecule has 0 aromatic carbocycles. The summed E-state index contributed by atoms with van der Waals surface area (Å²) in [7, 11) is 0. The van der Waals surface area contributed by atoms with Gasteiger partial charge in [-0.2, -0.15) is 0 Å². The normalized spacial score (nSPS) is 21.4. The zero-order chi connectivity index (χ0) is 46.2. The van der Waals surface area contributed by atoms with Crippen LogP contribution in [0.25, 0.3) is 0 Å². The van der Waals surface area contributed by atoms with Crippen LogP contribution in [0.2, 0.25) is 0 Å². The van der Waals surface area contributed by atoms with Gasteiger partial charge in [0.2, 0.25) is 5.91 Å². The van der Waals surface area contributed by atoms with E-state index in [1.54, 1.807) is 0 Å². The van der Waals surface area contributed by atoms with Gasteiger partial charge in [0, 0.05) is 0 Å². The third kappa shape index (κ3) is 31.0. The topological polar surface area (TPSA) is 189 Å². The summed E-state index contributed by atoms with van der Waals surface area (Å²) >= 11 is 0. The molecule has 1 amide bonds. The Morgan fingerprint density at radius 1 is 0.540 bits per heavy atom. The summed E-state index contributed by atoms with van der Waals surface area (Å²) in [6.45, 7) is 3.43. The lowest BCUT2D eigenvalue weighted by Crippen LogP contribution is -2.60. The molecular weight excluding hydrogens is 799 g/mol. The summed E-state index contributed by atoms with van der Waals surface area (Å²) in [6.07, 6.45) is 37.6. The van der Waals surface area contributed by atoms with Crippen LogP contribution in [0, 0.1) is 0 Å². The van der Waals surface area contributed by atoms with Crippen molar-refractivity contribution in [2.45, 2.75) is 274 Å². The number of rotatable bonds is 43. The van der Waals surface area contributed by atoms with Crippen molar-refractivity contribution in [3.63, 3.8) is 0 Å². The minimum atomic E-state index is -1.67. The van der Waals surface area contributed by atoms with Crippen molar-refractivity contribution < 1.29 is 50.0 Å². The van der Waals surface area contributed by atoms with Crippen LogP contribution < -0.4 is 5.32 Å². The maximum atomic E-state index is 13.1. The quantitative estimate of drug-likeness (QED) is 0.0216. The fourth-order valence-electron chi connectivity index (χ4n) is 8.12. The second-order valence-corrected chi connectivity index (χ2v) is 18.2. The van der Waals surface area contributed by atoms with Gasteiger partial charge in [-0.1, -0.05) is 192 Å². The first kappa shape index (κ1) is 59.3. The highest BCUT2D eigenvalue weighted by molar-refractivity contribution is 5.80. The van der Waals surface area contributed by atoms with Crippen LogP contribution >= 0.6 is 0 Å². The van der Waals surface area contributed by atoms with Gasteiger partial charge in [0.1, 0.15) is 36.6 Å². The first-order valence-electron chi connectivity index (χ1n) is 25.9. The minimum absolute atomic E-state index is 0.242. The van der Waals surface area contributed by atoms with Gasteiger partial charge >= 0.3 is 0 Å². The lowest BCUT2D eigenvalue weighted by Gasteiger charge is -2.40. The summed E-state index contributed by atoms with van der Waals surface area (Å²) < 4.78 is 11.1. The van der Waals surface area contributed by atoms with Gasteiger partial charge in [0.05, 0.1) is 25.4 Å². The molecule has 0 saturated carbocycles. The van der Waals surface area contributed by atoms with E-state index in [9.17, 15) is 40.5 Å². The summed E-state index contributed by atoms with van der Waals surface area (Å²) in [5, 5.41) is 75.8. The molecule has 0 aliphatic carbocycles. The van der Waals surface area contributed by atoms with Crippen LogP contribution in [0.3, 0.4) is 0 Å². The molecule has 0 radical (unpaired) electrons. The molecule has 370 valence electrons. The molecule has 1 saturated heterocycles. The number of unbranched alkanes of at least 4 members (excludes halogenated alkanes) is 25. The van der Waals surface area contributed by atoms with E-state index in [4.69, 9.17) is 9.47 Å². The maximum absolute atomic E-state index is 13.1. The smallest absolute Gasteiger partial charge is 0.249 e. The van der Waals surface area contributed by atoms with Gasteiger partial charge in [-0.3, -0.25) is 4.79 Å². The third-order valence-electron chi connectivity index (χ3n) is 12.4. The Balaban J connectivity index is 2.43. The highest BCUT2D eigenvalue weighted by Crippen LogP contribution is 2.23. The predicted octanol–water partition coefficient (Wildman–Crippen LogP) is 9.56. The number of carbonyl (C=O) groups is 1. The monoisotopic (exact) mass is 896 g/mol. The Morgan fingerprint density at radius 2 is 0.952 bits per heavy atom. The van der Waals surface area contributed by atoms with Crippen LogP contribution in [0.4, 0.5) is 0 Å². The molecule has 1 aliphatic rings. The van der Waals surface area contributed by atoms with Gasteiger partial charge < -0.3 is 50.5 Å². The van der Waals surface area contributed by atoms with Gasteiger partial charge in [0.25, 0.3) is 0 Å². The molecule has 1 aliphatic heterocycles. The number of amides is 1. The number of aliphatic hydroxyl groups excluding tert-OH is 7. The van der Waals surface area contributed by atoms with Gasteiger partial charge in [-0.25, -0.2) is 0 Å². The lowest BCUT2D eigenvalue weighted by molar-refractivity contribution is -0.303. The number of carbonyl (C=O) groups excluding carboxylic acids is 1. The van der Waals surface area contributed by atoms with Crippen LogP contribution in [0.5, 0.6) is 0 Å². The van der Waals surface area contributed by atoms with Crippen molar-refractivity contribution in [1.82, 2.24) is 5.32 Å². The highest BCUT2D eigenvalue weighted by atomic mass is 16.7. The SMILES string of the molecule is CCCCCCCC/C=C/CC/C=C/CC/C=C/CCCC(O)C(O)C(COC1OC(CO)C(O)C(O)C1O)NC(=O)C(O)CCCCCCCCCCCCCCCCCCC. The molecule has 9 unspecified atom stereocenters. The van der Waals surface area contributed by atoms with E-state index in [2.05, 4.69) is 55.6 Å². The Labute approximate surface area is 384 Å². The fraction of sp³-hybridized carbons (Fsp3) is 0.865. The molecule has 0 aromatic heterocycles. The summed E-state index contributed by atoms with van der Waals surface area (Å²) in [5.41, 5.74) is 0. The van der Waals surface area contributed by atoms with Crippen molar-refractivity contribution >= 4 is 5.91 Å². The molecule has 0 spiro atoms. The molecule has 11 heteroatoms. The number of ether oxygens (including phenoxy) is 2. The molecule has 8 N–H and O–H groups in total. The second kappa shape index (κ2) is 41.7. The van der Waals surface area contributed by atoms with Crippen molar-refractivity contribution in [2.24, 2.45) is 0 Å². The Kier molecular flexibility index (Phi) is 39.3. The molecule has 1 rings (SSSR count). The second-order valence-electron chi connectivity index (χ2n) is 18.2. The number of hydrogen-bond acceptors (Lipinski definition) is 10. The van der Waals surface area contributed by atoms with Crippen molar-refractivity contribution in [1.29, 1.82) is 0 Å². The largest absolute Gasteiger partial charge is 0.394 e. The molecule has 9 atom stereocenters. The van der Waals surface area contributed by atoms with Crippen molar-refractivity contribution in [3.05, 3.63) is 36.5 Å². The van der Waals surface area contributed by atoms with E-state index in [1.807, 2.05) is 0 Å². The van der Waals surface area contributed by atoms with Gasteiger partial charge in [0.15, 0.2) is 6.29 Å². The molecule has 0 aromatic rings. The number of hydrogen-bond donors (Lipinski definition) is 8. The van der Waals surface area contributed by atoms with Gasteiger partial charge in [-0.05, 0) is 64.2 Å². The zero-order valence-corrected chi connectivity index (χ0v) is 40.1. The number of nitrogens with one attached hydrogen (secondary N) is 1. The highest BCUT2D eigenvalue weighted by Gasteiger charge is 2.44. The van der Waals surface area contributed by atoms with E-state index in [1.165, 1.54) is 128 Å². The fourth-order valence-corrected chi connectivity index (χ4v) is 8.12. The van der Waals surface area contributed by atoms with E-state index in [0.717, 1.165) is 44.9 Å². The van der Waals surface area contributed by atoms with E-state index in [-0.39, 0.29) is 12.8 Å². The molecular formula is C52H97NO10. The first-order chi connectivity index (χ1) is 30.7. The van der Waals surface area contributed by atoms with E-state index < -0.39 is 74.2 Å². The molecule has 1 heterocycles. The zero-order valence-electron chi connectivity index (χ0n) is 40.1. The summed E-state index contributed by atoms with van der Waals surface area (Å²) in [6, 6.07) is -1.19. The maximum Gasteiger partial charge on any atom is 0.249 e. The Hall–Kier alpha value is -1.67. The minimum Gasteiger partial charge on any atom is -0.394 e. The van der Waals surface area contributed by atoms with E-state index in [0.29, 0.717) is 19.3 Å². The predicted molar refractivity (Wildman–Crippen MR) is 256 cm³/mol. The van der Waals surface area contributed by atoms with Crippen LogP contribution in [0.1, 0.15) is 219 Å². The van der Waals surface area contributed by atoms with Crippen LogP contribution in [-0.2, 0) is 14.3 Å². The van der Waals surface area contributed by atoms with Crippen LogP contribution in [-0.4, -0.2) is 110 Å². The number of aliphatic hydroxyl groups is 7. The Morgan fingerprint density at radius 3 is 1.41 bits per heavy atom. The van der Waals surface area contributed by atoms with Crippen molar-refractivity contribution in [3.8, 4) is 0 Å². The first-order valence-corrected chi connectivity index (χ1v) is 25.9. The average molecular weight is 896 g/mol. The average Bonchev–Trinajstić information content (AvgIpc) is 3.28. The number of allylic oxidation sites excluding steroid dienone is 6. The molecule has 11 nitrogen and oxygen atoms in total. The van der Waals surface area contributed by atoms with Crippen molar-refractivity contribution in [2.75, 3.05) is 13.2 Å². The molecule has 1 fully saturated rings. The molecule has 0 bridgehead atoms. The van der Waals surface area contributed by atoms with Gasteiger partial charge in [-0.15, -0.1) is 0 Å².